The van der Waals surface area contributed by atoms with Gasteiger partial charge in [-0.2, -0.15) is 0 Å². The Labute approximate surface area is 70.1 Å². The molecule has 0 bridgehead atoms. The fourth-order valence-corrected chi connectivity index (χ4v) is 0.495. The molecule has 0 aliphatic carbocycles. The van der Waals surface area contributed by atoms with Gasteiger partial charge in [-0.1, -0.05) is 20.3 Å². The Kier molecular flexibility index (Phi) is 14.6. The number of hydrogen-bond acceptors (Lipinski definition) is 2. The molecule has 0 spiro atoms. The Hall–Kier alpha value is -0.465. The second-order valence-corrected chi connectivity index (χ2v) is 2.40. The molecule has 0 saturated heterocycles. The van der Waals surface area contributed by atoms with Gasteiger partial charge in [-0.25, -0.2) is 0 Å². The van der Waals surface area contributed by atoms with Gasteiger partial charge in [0.1, 0.15) is 0 Å². The first-order valence-electron chi connectivity index (χ1n) is 4.23. The van der Waals surface area contributed by atoms with Gasteiger partial charge in [-0.05, 0) is 0 Å². The summed E-state index contributed by atoms with van der Waals surface area (Å²) in [4.78, 5) is 10.5. The van der Waals surface area contributed by atoms with Crippen LogP contribution in [-0.4, -0.2) is 12.9 Å². The normalized spacial score (nSPS) is 7.55. The molecule has 0 saturated carbocycles. The summed E-state index contributed by atoms with van der Waals surface area (Å²) >= 11 is 0. The van der Waals surface area contributed by atoms with Gasteiger partial charge in [0.05, 0.1) is 0 Å². The first kappa shape index (κ1) is 13.1. The van der Waals surface area contributed by atoms with E-state index in [1.165, 1.54) is 6.42 Å². The Morgan fingerprint density at radius 1 is 1.36 bits per heavy atom. The third kappa shape index (κ3) is 17.7. The van der Waals surface area contributed by atoms with E-state index in [4.69, 9.17) is 5.31 Å². The summed E-state index contributed by atoms with van der Waals surface area (Å²) in [6, 6.07) is 0. The van der Waals surface area contributed by atoms with Crippen molar-refractivity contribution < 1.29 is 4.79 Å². The molecular weight excluding hydrogens is 137 g/mol. The summed E-state index contributed by atoms with van der Waals surface area (Å²) in [5.41, 5.74) is 0. The molecule has 0 amide bonds. The molecule has 0 aliphatic rings. The summed E-state index contributed by atoms with van der Waals surface area (Å²) in [5.74, 6) is 0.169. The zero-order valence-corrected chi connectivity index (χ0v) is 7.81. The van der Waals surface area contributed by atoms with Gasteiger partial charge in [-0.3, -0.25) is 0 Å². The van der Waals surface area contributed by atoms with E-state index in [1.807, 2.05) is 6.92 Å². The Balaban J connectivity index is 0. The Morgan fingerprint density at radius 3 is 2.09 bits per heavy atom. The van der Waals surface area contributed by atoms with E-state index in [1.54, 1.807) is 0 Å². The van der Waals surface area contributed by atoms with Crippen molar-refractivity contribution in [2.45, 2.75) is 46.4 Å². The monoisotopic (exact) mass is 155 g/mol. The van der Waals surface area contributed by atoms with E-state index in [0.29, 0.717) is 12.7 Å². The molecule has 0 fully saturated rings. The van der Waals surface area contributed by atoms with Crippen LogP contribution in [0.4, 0.5) is 0 Å². The molecule has 64 valence electrons. The van der Waals surface area contributed by atoms with Crippen molar-refractivity contribution in [2.24, 2.45) is 0 Å². The van der Waals surface area contributed by atoms with Crippen molar-refractivity contribution in [1.29, 1.82) is 5.31 Å². The van der Waals surface area contributed by atoms with Crippen LogP contribution in [0.5, 0.6) is 0 Å². The van der Waals surface area contributed by atoms with E-state index < -0.39 is 0 Å². The molecule has 0 aromatic heterocycles. The van der Waals surface area contributed by atoms with E-state index in [9.17, 15) is 4.79 Å². The van der Waals surface area contributed by atoms with Gasteiger partial charge in [0.25, 0.3) is 0 Å². The van der Waals surface area contributed by atoms with Gasteiger partial charge >= 0.3 is 49.0 Å². The quantitative estimate of drug-likeness (QED) is 0.623. The number of rotatable bonds is 4. The molecule has 1 N–H and O–H groups in total. The fourth-order valence-electron chi connectivity index (χ4n) is 0.495. The van der Waals surface area contributed by atoms with Crippen LogP contribution >= 0.6 is 0 Å². The third-order valence-electron chi connectivity index (χ3n) is 0.859. The van der Waals surface area contributed by atoms with Gasteiger partial charge in [-0.15, -0.1) is 0 Å². The van der Waals surface area contributed by atoms with Crippen LogP contribution in [0.2, 0.25) is 6.32 Å². The predicted octanol–water partition coefficient (Wildman–Crippen LogP) is 2.66. The minimum atomic E-state index is 0.169. The Bertz CT molecular complexity index is 104. The maximum atomic E-state index is 10.5. The summed E-state index contributed by atoms with van der Waals surface area (Å²) in [5, 5.41) is 6.57. The van der Waals surface area contributed by atoms with Crippen LogP contribution in [-0.2, 0) is 4.79 Å². The van der Waals surface area contributed by atoms with Crippen molar-refractivity contribution in [3.05, 3.63) is 0 Å². The molecule has 0 aromatic carbocycles. The molecule has 3 heteroatoms. The van der Waals surface area contributed by atoms with Gasteiger partial charge in [0, 0.05) is 0 Å². The first-order chi connectivity index (χ1) is 5.22. The molecular formula is C8H18BNO. The number of ketones is 1. The van der Waals surface area contributed by atoms with Crippen LogP contribution in [0.25, 0.3) is 0 Å². The summed E-state index contributed by atoms with van der Waals surface area (Å²) in [6.07, 6.45) is 3.08. The second kappa shape index (κ2) is 12.2. The van der Waals surface area contributed by atoms with E-state index in [-0.39, 0.29) is 5.78 Å². The summed E-state index contributed by atoms with van der Waals surface area (Å²) in [7, 11) is 1.15. The second-order valence-electron chi connectivity index (χ2n) is 2.40. The van der Waals surface area contributed by atoms with Gasteiger partial charge in [0.2, 0.25) is 0 Å². The summed E-state index contributed by atoms with van der Waals surface area (Å²) < 4.78 is 0. The van der Waals surface area contributed by atoms with Crippen molar-refractivity contribution >= 4 is 12.9 Å². The third-order valence-corrected chi connectivity index (χ3v) is 0.859. The molecule has 0 heterocycles. The van der Waals surface area contributed by atoms with Crippen molar-refractivity contribution in [2.75, 3.05) is 0 Å². The van der Waals surface area contributed by atoms with Gasteiger partial charge < -0.3 is 0 Å². The van der Waals surface area contributed by atoms with Crippen LogP contribution in [0, 0.1) is 5.31 Å². The number of carbonyl (C=O) groups is 1. The fraction of sp³-hybridized carbons (Fsp3) is 0.875. The molecule has 0 aliphatic heterocycles. The molecule has 11 heavy (non-hydrogen) atoms. The molecule has 0 atom stereocenters. The van der Waals surface area contributed by atoms with Crippen molar-refractivity contribution in [3.63, 3.8) is 0 Å². The predicted molar refractivity (Wildman–Crippen MR) is 49.2 cm³/mol. The van der Waals surface area contributed by atoms with Gasteiger partial charge in [0.15, 0.2) is 0 Å². The average Bonchev–Trinajstić information content (AvgIpc) is 1.90. The zero-order chi connectivity index (χ0) is 9.11. The number of nitrogens with one attached hydrogen (secondary N) is 1. The molecule has 0 radical (unpaired) electrons. The van der Waals surface area contributed by atoms with Crippen LogP contribution in [0.1, 0.15) is 40.0 Å². The minimum absolute atomic E-state index is 0.169. The first-order valence-corrected chi connectivity index (χ1v) is 4.23. The summed E-state index contributed by atoms with van der Waals surface area (Å²) in [6.45, 7) is 6.21. The van der Waals surface area contributed by atoms with E-state index in [0.717, 1.165) is 13.5 Å². The molecule has 0 rings (SSSR count). The average molecular weight is 155 g/mol. The number of Topliss-reactive ketones (excluding diaryl/α,β-unsaturated/α-hetero) is 1. The SMILES string of the molecule is CCC.CCCC(=O)CB=N. The molecule has 0 aromatic rings. The number of carbonyl (C=O) groups excluding carboxylic acids is 1. The standard InChI is InChI=1S/C5H10BNO.C3H8/c1-2-3-5(8)4-6-7;1-3-2/h7H,2-4H2,1H3;3H2,1-2H3. The van der Waals surface area contributed by atoms with E-state index >= 15 is 0 Å². The topological polar surface area (TPSA) is 40.9 Å². The zero-order valence-electron chi connectivity index (χ0n) is 7.81. The maximum absolute atomic E-state index is 10.5. The molecule has 0 unspecified atom stereocenters. The van der Waals surface area contributed by atoms with Crippen molar-refractivity contribution in [3.8, 4) is 0 Å². The molecule has 2 nitrogen and oxygen atoms in total. The van der Waals surface area contributed by atoms with Crippen molar-refractivity contribution in [1.82, 2.24) is 0 Å². The number of hydrogen-bond donors (Lipinski definition) is 1. The van der Waals surface area contributed by atoms with Crippen LogP contribution in [0.15, 0.2) is 0 Å². The van der Waals surface area contributed by atoms with Crippen LogP contribution in [0.3, 0.4) is 0 Å². The van der Waals surface area contributed by atoms with Crippen LogP contribution < -0.4 is 0 Å². The van der Waals surface area contributed by atoms with E-state index in [2.05, 4.69) is 13.8 Å². The Morgan fingerprint density at radius 2 is 1.82 bits per heavy atom.